The molecule has 2 N–H and O–H groups in total. The van der Waals surface area contributed by atoms with Gasteiger partial charge >= 0.3 is 0 Å². The topological polar surface area (TPSA) is 79.3 Å². The Morgan fingerprint density at radius 3 is 2.55 bits per heavy atom. The minimum atomic E-state index is -0.291. The number of amides is 2. The van der Waals surface area contributed by atoms with Gasteiger partial charge in [-0.15, -0.1) is 0 Å². The monoisotopic (exact) mass is 429 g/mol. The van der Waals surface area contributed by atoms with E-state index < -0.39 is 0 Å². The summed E-state index contributed by atoms with van der Waals surface area (Å²) in [5, 5.41) is 10.1. The lowest BCUT2D eigenvalue weighted by atomic mass is 9.94. The van der Waals surface area contributed by atoms with Crippen molar-refractivity contribution < 1.29 is 14.0 Å². The third-order valence-corrected chi connectivity index (χ3v) is 5.89. The van der Waals surface area contributed by atoms with Crippen molar-refractivity contribution in [3.05, 3.63) is 47.9 Å². The van der Waals surface area contributed by atoms with Crippen LogP contribution >= 0.6 is 0 Å². The second-order valence-electron chi connectivity index (χ2n) is 8.36. The number of anilines is 1. The van der Waals surface area contributed by atoms with Gasteiger partial charge in [-0.05, 0) is 64.8 Å². The molecule has 8 heteroatoms. The summed E-state index contributed by atoms with van der Waals surface area (Å²) in [5.74, 6) is 0.309. The summed E-state index contributed by atoms with van der Waals surface area (Å²) >= 11 is 0. The first-order valence-electron chi connectivity index (χ1n) is 11.0. The van der Waals surface area contributed by atoms with E-state index in [1.165, 1.54) is 6.07 Å². The van der Waals surface area contributed by atoms with Crippen LogP contribution in [0.1, 0.15) is 45.2 Å². The number of hydrogen-bond acceptors (Lipinski definition) is 4. The van der Waals surface area contributed by atoms with Gasteiger partial charge in [0.25, 0.3) is 0 Å². The van der Waals surface area contributed by atoms with Crippen molar-refractivity contribution in [1.29, 1.82) is 0 Å². The molecular formula is C23H32FN5O2. The number of halogens is 1. The Balaban J connectivity index is 1.43. The Labute approximate surface area is 183 Å². The quantitative estimate of drug-likeness (QED) is 0.676. The molecular weight excluding hydrogens is 397 g/mol. The molecule has 2 heterocycles. The molecule has 1 aromatic heterocycles. The van der Waals surface area contributed by atoms with Gasteiger partial charge in [-0.25, -0.2) is 9.07 Å². The summed E-state index contributed by atoms with van der Waals surface area (Å²) in [6.07, 6.45) is 3.55. The normalized spacial score (nSPS) is 16.3. The van der Waals surface area contributed by atoms with E-state index in [0.29, 0.717) is 50.3 Å². The molecule has 1 aliphatic heterocycles. The van der Waals surface area contributed by atoms with Gasteiger partial charge in [-0.1, -0.05) is 18.2 Å². The lowest BCUT2D eigenvalue weighted by Gasteiger charge is -2.34. The number of piperidine rings is 1. The van der Waals surface area contributed by atoms with Crippen LogP contribution in [-0.2, 0) is 16.0 Å². The van der Waals surface area contributed by atoms with Crippen LogP contribution in [0.25, 0.3) is 0 Å². The maximum atomic E-state index is 13.7. The first kappa shape index (κ1) is 22.9. The fourth-order valence-corrected chi connectivity index (χ4v) is 3.94. The minimum Gasteiger partial charge on any atom is -0.356 e. The molecule has 168 valence electrons. The fraction of sp³-hybridized carbons (Fsp3) is 0.522. The molecule has 2 amide bonds. The molecule has 1 aliphatic rings. The van der Waals surface area contributed by atoms with E-state index in [1.54, 1.807) is 35.1 Å². The number of rotatable bonds is 8. The zero-order valence-electron chi connectivity index (χ0n) is 18.5. The molecule has 0 unspecified atom stereocenters. The number of nitrogens with one attached hydrogen (secondary N) is 2. The number of likely N-dealkylation sites (tertiary alicyclic amines) is 1. The van der Waals surface area contributed by atoms with E-state index >= 15 is 0 Å². The average Bonchev–Trinajstić information content (AvgIpc) is 3.23. The number of nitrogens with zero attached hydrogens (tertiary/aromatic N) is 3. The molecule has 3 rings (SSSR count). The van der Waals surface area contributed by atoms with Crippen LogP contribution in [0.2, 0.25) is 0 Å². The summed E-state index contributed by atoms with van der Waals surface area (Å²) < 4.78 is 15.5. The molecule has 0 saturated carbocycles. The standard InChI is InChI=1S/C23H32FN5O2/c1-16(2)29-21(9-13-26-29)27-22(30)17(3)28-14-10-19(11-15-28)23(31)25-12-8-18-6-4-5-7-20(18)24/h4-7,9,13,16-17,19H,8,10-12,14-15H2,1-3H3,(H,25,31)(H,27,30)/t17-/m0/s1. The van der Waals surface area contributed by atoms with Gasteiger partial charge in [-0.3, -0.25) is 14.5 Å². The predicted octanol–water partition coefficient (Wildman–Crippen LogP) is 3.00. The Bertz CT molecular complexity index is 890. The zero-order chi connectivity index (χ0) is 22.4. The number of aromatic nitrogens is 2. The number of carbonyl (C=O) groups excluding carboxylic acids is 2. The predicted molar refractivity (Wildman–Crippen MR) is 118 cm³/mol. The highest BCUT2D eigenvalue weighted by atomic mass is 19.1. The van der Waals surface area contributed by atoms with E-state index in [2.05, 4.69) is 20.6 Å². The summed E-state index contributed by atoms with van der Waals surface area (Å²) in [4.78, 5) is 27.3. The second kappa shape index (κ2) is 10.5. The molecule has 1 atom stereocenters. The Morgan fingerprint density at radius 2 is 1.87 bits per heavy atom. The van der Waals surface area contributed by atoms with E-state index in [1.807, 2.05) is 20.8 Å². The van der Waals surface area contributed by atoms with Crippen LogP contribution in [0.15, 0.2) is 36.5 Å². The highest BCUT2D eigenvalue weighted by Gasteiger charge is 2.30. The van der Waals surface area contributed by atoms with Crippen LogP contribution < -0.4 is 10.6 Å². The van der Waals surface area contributed by atoms with Gasteiger partial charge in [-0.2, -0.15) is 5.10 Å². The van der Waals surface area contributed by atoms with E-state index in [4.69, 9.17) is 0 Å². The molecule has 1 aromatic carbocycles. The van der Waals surface area contributed by atoms with Crippen LogP contribution in [-0.4, -0.2) is 52.2 Å². The third-order valence-electron chi connectivity index (χ3n) is 5.89. The molecule has 1 saturated heterocycles. The van der Waals surface area contributed by atoms with Crippen molar-refractivity contribution in [2.75, 3.05) is 25.0 Å². The highest BCUT2D eigenvalue weighted by Crippen LogP contribution is 2.20. The van der Waals surface area contributed by atoms with Crippen molar-refractivity contribution in [1.82, 2.24) is 20.0 Å². The van der Waals surface area contributed by atoms with E-state index in [9.17, 15) is 14.0 Å². The Kier molecular flexibility index (Phi) is 7.79. The molecule has 0 bridgehead atoms. The summed E-state index contributed by atoms with van der Waals surface area (Å²) in [6, 6.07) is 8.29. The van der Waals surface area contributed by atoms with Crippen molar-refractivity contribution in [3.8, 4) is 0 Å². The molecule has 0 spiro atoms. The first-order valence-corrected chi connectivity index (χ1v) is 11.0. The second-order valence-corrected chi connectivity index (χ2v) is 8.36. The zero-order valence-corrected chi connectivity index (χ0v) is 18.5. The molecule has 7 nitrogen and oxygen atoms in total. The summed E-state index contributed by atoms with van der Waals surface area (Å²) in [7, 11) is 0. The molecule has 1 fully saturated rings. The summed E-state index contributed by atoms with van der Waals surface area (Å²) in [5.41, 5.74) is 0.608. The Hall–Kier alpha value is -2.74. The fourth-order valence-electron chi connectivity index (χ4n) is 3.94. The van der Waals surface area contributed by atoms with Crippen LogP contribution in [0.3, 0.4) is 0 Å². The van der Waals surface area contributed by atoms with Crippen LogP contribution in [0.4, 0.5) is 10.2 Å². The number of carbonyl (C=O) groups is 2. The largest absolute Gasteiger partial charge is 0.356 e. The first-order chi connectivity index (χ1) is 14.9. The highest BCUT2D eigenvalue weighted by molar-refractivity contribution is 5.93. The molecule has 0 radical (unpaired) electrons. The van der Waals surface area contributed by atoms with E-state index in [-0.39, 0.29) is 35.6 Å². The molecule has 31 heavy (non-hydrogen) atoms. The maximum absolute atomic E-state index is 13.7. The lowest BCUT2D eigenvalue weighted by Crippen LogP contribution is -2.48. The van der Waals surface area contributed by atoms with Gasteiger partial charge in [0.2, 0.25) is 11.8 Å². The minimum absolute atomic E-state index is 0.00827. The van der Waals surface area contributed by atoms with Crippen molar-refractivity contribution in [2.45, 2.75) is 52.1 Å². The van der Waals surface area contributed by atoms with Crippen molar-refractivity contribution in [2.24, 2.45) is 5.92 Å². The third kappa shape index (κ3) is 5.91. The molecule has 2 aromatic rings. The Morgan fingerprint density at radius 1 is 1.16 bits per heavy atom. The van der Waals surface area contributed by atoms with Gasteiger partial charge in [0.1, 0.15) is 11.6 Å². The number of hydrogen-bond donors (Lipinski definition) is 2. The maximum Gasteiger partial charge on any atom is 0.242 e. The SMILES string of the molecule is CC(C)n1nccc1NC(=O)[C@H](C)N1CCC(C(=O)NCCc2ccccc2F)CC1. The average molecular weight is 430 g/mol. The van der Waals surface area contributed by atoms with Crippen LogP contribution in [0.5, 0.6) is 0 Å². The van der Waals surface area contributed by atoms with Crippen molar-refractivity contribution >= 4 is 17.6 Å². The van der Waals surface area contributed by atoms with Gasteiger partial charge in [0.15, 0.2) is 0 Å². The lowest BCUT2D eigenvalue weighted by molar-refractivity contribution is -0.127. The summed E-state index contributed by atoms with van der Waals surface area (Å²) in [6.45, 7) is 7.70. The van der Waals surface area contributed by atoms with Crippen molar-refractivity contribution in [3.63, 3.8) is 0 Å². The molecule has 0 aliphatic carbocycles. The van der Waals surface area contributed by atoms with Gasteiger partial charge < -0.3 is 10.6 Å². The number of benzene rings is 1. The van der Waals surface area contributed by atoms with E-state index in [0.717, 1.165) is 0 Å². The van der Waals surface area contributed by atoms with Crippen LogP contribution in [0, 0.1) is 11.7 Å². The van der Waals surface area contributed by atoms with Gasteiger partial charge in [0, 0.05) is 24.6 Å². The smallest absolute Gasteiger partial charge is 0.242 e. The van der Waals surface area contributed by atoms with Gasteiger partial charge in [0.05, 0.1) is 12.2 Å².